The van der Waals surface area contributed by atoms with E-state index in [4.69, 9.17) is 4.74 Å². The molecule has 0 spiro atoms. The number of anilines is 1. The summed E-state index contributed by atoms with van der Waals surface area (Å²) in [5.41, 5.74) is 0.968. The maximum atomic E-state index is 12.8. The summed E-state index contributed by atoms with van der Waals surface area (Å²) in [5, 5.41) is 0. The lowest BCUT2D eigenvalue weighted by Gasteiger charge is -2.37. The van der Waals surface area contributed by atoms with Crippen LogP contribution in [-0.4, -0.2) is 43.0 Å². The highest BCUT2D eigenvalue weighted by molar-refractivity contribution is 5.93. The van der Waals surface area contributed by atoms with E-state index in [1.165, 1.54) is 0 Å². The predicted molar refractivity (Wildman–Crippen MR) is 108 cm³/mol. The molecule has 146 valence electrons. The third-order valence-electron chi connectivity index (χ3n) is 5.88. The van der Waals surface area contributed by atoms with Crippen LogP contribution in [0.25, 0.3) is 0 Å². The van der Waals surface area contributed by atoms with E-state index in [1.54, 1.807) is 0 Å². The Kier molecular flexibility index (Phi) is 5.60. The molecule has 4 rings (SSSR count). The van der Waals surface area contributed by atoms with Crippen molar-refractivity contribution in [3.05, 3.63) is 60.7 Å². The Morgan fingerprint density at radius 2 is 1.61 bits per heavy atom. The molecule has 28 heavy (non-hydrogen) atoms. The van der Waals surface area contributed by atoms with Crippen molar-refractivity contribution in [3.8, 4) is 5.75 Å². The van der Waals surface area contributed by atoms with Crippen molar-refractivity contribution in [2.45, 2.75) is 19.3 Å². The fourth-order valence-corrected chi connectivity index (χ4v) is 4.29. The van der Waals surface area contributed by atoms with E-state index < -0.39 is 0 Å². The monoisotopic (exact) mass is 378 g/mol. The van der Waals surface area contributed by atoms with Crippen LogP contribution in [0.1, 0.15) is 19.3 Å². The molecule has 2 aromatic carbocycles. The van der Waals surface area contributed by atoms with E-state index in [0.29, 0.717) is 37.1 Å². The van der Waals surface area contributed by atoms with Crippen LogP contribution >= 0.6 is 0 Å². The quantitative estimate of drug-likeness (QED) is 0.820. The van der Waals surface area contributed by atoms with Crippen molar-refractivity contribution in [2.75, 3.05) is 31.1 Å². The van der Waals surface area contributed by atoms with E-state index in [0.717, 1.165) is 25.1 Å². The summed E-state index contributed by atoms with van der Waals surface area (Å²) in [6, 6.07) is 19.3. The highest BCUT2D eigenvalue weighted by Crippen LogP contribution is 2.34. The first-order valence-corrected chi connectivity index (χ1v) is 10.0. The second-order valence-electron chi connectivity index (χ2n) is 7.62. The molecule has 0 aliphatic carbocycles. The summed E-state index contributed by atoms with van der Waals surface area (Å²) in [7, 11) is 0. The van der Waals surface area contributed by atoms with Gasteiger partial charge in [-0.1, -0.05) is 36.4 Å². The Labute approximate surface area is 165 Å². The zero-order valence-electron chi connectivity index (χ0n) is 16.0. The van der Waals surface area contributed by atoms with Crippen LogP contribution < -0.4 is 9.64 Å². The van der Waals surface area contributed by atoms with Crippen molar-refractivity contribution in [3.63, 3.8) is 0 Å². The Morgan fingerprint density at radius 3 is 2.36 bits per heavy atom. The summed E-state index contributed by atoms with van der Waals surface area (Å²) < 4.78 is 5.62. The average molecular weight is 378 g/mol. The molecule has 2 aliphatic heterocycles. The fourth-order valence-electron chi connectivity index (χ4n) is 4.29. The molecule has 0 aromatic heterocycles. The number of hydrogen-bond acceptors (Lipinski definition) is 3. The van der Waals surface area contributed by atoms with Gasteiger partial charge in [-0.15, -0.1) is 0 Å². The number of amides is 2. The van der Waals surface area contributed by atoms with E-state index in [2.05, 4.69) is 0 Å². The van der Waals surface area contributed by atoms with Gasteiger partial charge in [0.15, 0.2) is 6.61 Å². The van der Waals surface area contributed by atoms with Crippen molar-refractivity contribution in [1.82, 2.24) is 4.90 Å². The lowest BCUT2D eigenvalue weighted by Crippen LogP contribution is -2.45. The van der Waals surface area contributed by atoms with E-state index in [1.807, 2.05) is 70.5 Å². The third-order valence-corrected chi connectivity index (χ3v) is 5.88. The van der Waals surface area contributed by atoms with Gasteiger partial charge in [0.25, 0.3) is 5.91 Å². The number of rotatable bonds is 4. The Hall–Kier alpha value is -2.82. The van der Waals surface area contributed by atoms with Gasteiger partial charge >= 0.3 is 0 Å². The number of fused-ring (bicyclic) bond motifs is 1. The first-order valence-electron chi connectivity index (χ1n) is 10.0. The van der Waals surface area contributed by atoms with Crippen LogP contribution in [0.2, 0.25) is 0 Å². The standard InChI is InChI=1S/C23H26N2O3/c26-22-15-18-11-13-24(23(27)17-28-21-9-5-2-6-10-21)16-19(18)12-14-25(22)20-7-3-1-4-8-20/h1-10,18-19H,11-17H2/t18-,19+/m0/s1. The molecule has 0 unspecified atom stereocenters. The molecular formula is C23H26N2O3. The first kappa shape index (κ1) is 18.5. The molecule has 0 radical (unpaired) electrons. The zero-order valence-corrected chi connectivity index (χ0v) is 16.0. The number of nitrogens with zero attached hydrogens (tertiary/aromatic N) is 2. The summed E-state index contributed by atoms with van der Waals surface area (Å²) in [6.45, 7) is 2.21. The number of ether oxygens (including phenoxy) is 1. The first-order chi connectivity index (χ1) is 13.7. The molecule has 5 nitrogen and oxygen atoms in total. The van der Waals surface area contributed by atoms with Gasteiger partial charge in [-0.2, -0.15) is 0 Å². The summed E-state index contributed by atoms with van der Waals surface area (Å²) in [6.07, 6.45) is 2.38. The second-order valence-corrected chi connectivity index (χ2v) is 7.62. The van der Waals surface area contributed by atoms with Crippen LogP contribution in [0.4, 0.5) is 5.69 Å². The molecule has 5 heteroatoms. The summed E-state index contributed by atoms with van der Waals surface area (Å²) in [4.78, 5) is 29.2. The Morgan fingerprint density at radius 1 is 0.929 bits per heavy atom. The minimum absolute atomic E-state index is 0.0257. The smallest absolute Gasteiger partial charge is 0.260 e. The maximum Gasteiger partial charge on any atom is 0.260 e. The number of para-hydroxylation sites is 2. The molecular weight excluding hydrogens is 352 g/mol. The van der Waals surface area contributed by atoms with Crippen molar-refractivity contribution >= 4 is 17.5 Å². The lowest BCUT2D eigenvalue weighted by atomic mass is 9.82. The summed E-state index contributed by atoms with van der Waals surface area (Å²) >= 11 is 0. The summed E-state index contributed by atoms with van der Waals surface area (Å²) in [5.74, 6) is 1.67. The number of piperidine rings is 1. The van der Waals surface area contributed by atoms with Gasteiger partial charge in [0.05, 0.1) is 0 Å². The highest BCUT2D eigenvalue weighted by atomic mass is 16.5. The number of likely N-dealkylation sites (tertiary alicyclic amines) is 1. The van der Waals surface area contributed by atoms with Gasteiger partial charge in [0, 0.05) is 31.7 Å². The van der Waals surface area contributed by atoms with Gasteiger partial charge in [0.1, 0.15) is 5.75 Å². The van der Waals surface area contributed by atoms with Crippen LogP contribution in [0.5, 0.6) is 5.75 Å². The van der Waals surface area contributed by atoms with Crippen molar-refractivity contribution < 1.29 is 14.3 Å². The zero-order chi connectivity index (χ0) is 19.3. The van der Waals surface area contributed by atoms with Crippen LogP contribution in [0.3, 0.4) is 0 Å². The van der Waals surface area contributed by atoms with Gasteiger partial charge in [-0.3, -0.25) is 9.59 Å². The SMILES string of the molecule is O=C(COc1ccccc1)N1CC[C@H]2CC(=O)N(c3ccccc3)CC[C@@H]2C1. The van der Waals surface area contributed by atoms with E-state index in [9.17, 15) is 9.59 Å². The molecule has 2 saturated heterocycles. The molecule has 2 fully saturated rings. The molecule has 2 aliphatic rings. The number of benzene rings is 2. The minimum atomic E-state index is 0.0257. The van der Waals surface area contributed by atoms with Crippen LogP contribution in [0.15, 0.2) is 60.7 Å². The van der Waals surface area contributed by atoms with Gasteiger partial charge < -0.3 is 14.5 Å². The number of hydrogen-bond donors (Lipinski definition) is 0. The Bertz CT molecular complexity index is 809. The molecule has 0 saturated carbocycles. The van der Waals surface area contributed by atoms with E-state index in [-0.39, 0.29) is 18.4 Å². The molecule has 0 N–H and O–H groups in total. The molecule has 2 amide bonds. The molecule has 2 heterocycles. The minimum Gasteiger partial charge on any atom is -0.484 e. The van der Waals surface area contributed by atoms with E-state index >= 15 is 0 Å². The lowest BCUT2D eigenvalue weighted by molar-refractivity contribution is -0.136. The molecule has 2 atom stereocenters. The topological polar surface area (TPSA) is 49.9 Å². The average Bonchev–Trinajstić information content (AvgIpc) is 2.91. The largest absolute Gasteiger partial charge is 0.484 e. The highest BCUT2D eigenvalue weighted by Gasteiger charge is 2.36. The fraction of sp³-hybridized carbons (Fsp3) is 0.391. The van der Waals surface area contributed by atoms with Crippen LogP contribution in [0, 0.1) is 11.8 Å². The third kappa shape index (κ3) is 4.19. The van der Waals surface area contributed by atoms with Crippen molar-refractivity contribution in [1.29, 1.82) is 0 Å². The molecule has 2 aromatic rings. The number of carbonyl (C=O) groups excluding carboxylic acids is 2. The number of carbonyl (C=O) groups is 2. The molecule has 0 bridgehead atoms. The van der Waals surface area contributed by atoms with Crippen molar-refractivity contribution in [2.24, 2.45) is 11.8 Å². The normalized spacial score (nSPS) is 22.4. The Balaban J connectivity index is 1.36. The predicted octanol–water partition coefficient (Wildman–Crippen LogP) is 3.36. The second kappa shape index (κ2) is 8.46. The van der Waals surface area contributed by atoms with Gasteiger partial charge in [-0.25, -0.2) is 0 Å². The van der Waals surface area contributed by atoms with Crippen LogP contribution in [-0.2, 0) is 9.59 Å². The van der Waals surface area contributed by atoms with Gasteiger partial charge in [0.2, 0.25) is 5.91 Å². The maximum absolute atomic E-state index is 12.8. The van der Waals surface area contributed by atoms with Gasteiger partial charge in [-0.05, 0) is 48.9 Å².